The molecule has 1 saturated carbocycles. The van der Waals surface area contributed by atoms with Crippen LogP contribution < -0.4 is 0 Å². The minimum Gasteiger partial charge on any atom is -0.400 e. The number of hydrogen-bond donors (Lipinski definition) is 1. The lowest BCUT2D eigenvalue weighted by molar-refractivity contribution is 0.140. The summed E-state index contributed by atoms with van der Waals surface area (Å²) >= 11 is 0. The first-order valence-corrected chi connectivity index (χ1v) is 8.68. The molecule has 0 aliphatic heterocycles. The van der Waals surface area contributed by atoms with Crippen molar-refractivity contribution in [1.29, 1.82) is 0 Å². The van der Waals surface area contributed by atoms with Crippen LogP contribution in [-0.4, -0.2) is 23.2 Å². The van der Waals surface area contributed by atoms with Gasteiger partial charge in [0.05, 0.1) is 0 Å². The predicted octanol–water partition coefficient (Wildman–Crippen LogP) is 4.63. The molecule has 0 saturated heterocycles. The summed E-state index contributed by atoms with van der Waals surface area (Å²) in [6, 6.07) is 22.6. The number of benzene rings is 2. The number of aliphatic hydroxyl groups is 1. The van der Waals surface area contributed by atoms with Crippen LogP contribution in [0.15, 0.2) is 60.7 Å². The molecule has 1 fully saturated rings. The Balaban J connectivity index is 0.000000924. The van der Waals surface area contributed by atoms with Crippen LogP contribution >= 0.6 is 0 Å². The molecule has 0 amide bonds. The molecule has 0 radical (unpaired) electrons. The molecule has 2 heteroatoms. The van der Waals surface area contributed by atoms with Gasteiger partial charge in [-0.2, -0.15) is 0 Å². The van der Waals surface area contributed by atoms with Crippen LogP contribution in [0, 0.1) is 0 Å². The second-order valence-electron chi connectivity index (χ2n) is 6.17. The maximum Gasteiger partial charge on any atom is 0.0319 e. The smallest absolute Gasteiger partial charge is 0.0319 e. The van der Waals surface area contributed by atoms with Crippen molar-refractivity contribution in [2.75, 3.05) is 7.11 Å². The van der Waals surface area contributed by atoms with Gasteiger partial charge in [-0.05, 0) is 24.0 Å². The van der Waals surface area contributed by atoms with Crippen molar-refractivity contribution in [2.24, 2.45) is 0 Å². The summed E-state index contributed by atoms with van der Waals surface area (Å²) in [7, 11) is 1.00. The molecule has 0 unspecified atom stereocenters. The zero-order chi connectivity index (χ0) is 16.3. The highest BCUT2D eigenvalue weighted by atomic mass is 16.2. The highest BCUT2D eigenvalue weighted by Gasteiger charge is 2.21. The first kappa shape index (κ1) is 17.7. The molecule has 2 aromatic rings. The number of aliphatic hydroxyl groups excluding tert-OH is 1. The van der Waals surface area contributed by atoms with Crippen LogP contribution in [0.5, 0.6) is 0 Å². The molecule has 0 atom stereocenters. The summed E-state index contributed by atoms with van der Waals surface area (Å²) in [5.41, 5.74) is 2.86. The fourth-order valence-corrected chi connectivity index (χ4v) is 3.40. The minimum absolute atomic E-state index is 0.749. The van der Waals surface area contributed by atoms with E-state index in [1.807, 2.05) is 0 Å². The first-order valence-electron chi connectivity index (χ1n) is 8.68. The normalized spacial score (nSPS) is 15.1. The van der Waals surface area contributed by atoms with Gasteiger partial charge in [0.25, 0.3) is 0 Å². The van der Waals surface area contributed by atoms with Gasteiger partial charge in [-0.25, -0.2) is 0 Å². The van der Waals surface area contributed by atoms with Crippen LogP contribution in [-0.2, 0) is 13.1 Å². The van der Waals surface area contributed by atoms with Crippen molar-refractivity contribution >= 4 is 0 Å². The topological polar surface area (TPSA) is 23.5 Å². The van der Waals surface area contributed by atoms with Gasteiger partial charge in [0.15, 0.2) is 0 Å². The van der Waals surface area contributed by atoms with Crippen molar-refractivity contribution < 1.29 is 5.11 Å². The maximum atomic E-state index is 7.00. The van der Waals surface area contributed by atoms with Crippen molar-refractivity contribution in [3.63, 3.8) is 0 Å². The second kappa shape index (κ2) is 10.2. The number of rotatable bonds is 5. The van der Waals surface area contributed by atoms with Gasteiger partial charge < -0.3 is 5.11 Å². The summed E-state index contributed by atoms with van der Waals surface area (Å²) in [6.45, 7) is 2.14. The van der Waals surface area contributed by atoms with Crippen LogP contribution in [0.2, 0.25) is 0 Å². The number of nitrogens with zero attached hydrogens (tertiary/aromatic N) is 1. The Labute approximate surface area is 140 Å². The summed E-state index contributed by atoms with van der Waals surface area (Å²) < 4.78 is 0. The van der Waals surface area contributed by atoms with Gasteiger partial charge in [0, 0.05) is 26.2 Å². The first-order chi connectivity index (χ1) is 11.4. The van der Waals surface area contributed by atoms with E-state index < -0.39 is 0 Å². The molecule has 23 heavy (non-hydrogen) atoms. The third kappa shape index (κ3) is 5.81. The second-order valence-corrected chi connectivity index (χ2v) is 6.17. The molecule has 124 valence electrons. The monoisotopic (exact) mass is 311 g/mol. The van der Waals surface area contributed by atoms with Gasteiger partial charge in [-0.1, -0.05) is 79.9 Å². The summed E-state index contributed by atoms with van der Waals surface area (Å²) in [5.74, 6) is 0. The van der Waals surface area contributed by atoms with Gasteiger partial charge in [-0.15, -0.1) is 0 Å². The van der Waals surface area contributed by atoms with E-state index in [1.54, 1.807) is 0 Å². The summed E-state index contributed by atoms with van der Waals surface area (Å²) in [4.78, 5) is 2.68. The molecule has 1 aliphatic rings. The molecule has 0 heterocycles. The minimum atomic E-state index is 0.749. The van der Waals surface area contributed by atoms with Crippen molar-refractivity contribution in [2.45, 2.75) is 51.2 Å². The highest BCUT2D eigenvalue weighted by molar-refractivity contribution is 5.17. The zero-order valence-corrected chi connectivity index (χ0v) is 14.2. The maximum absolute atomic E-state index is 7.00. The Morgan fingerprint density at radius 2 is 1.17 bits per heavy atom. The lowest BCUT2D eigenvalue weighted by Crippen LogP contribution is -2.35. The molecule has 0 bridgehead atoms. The van der Waals surface area contributed by atoms with Crippen molar-refractivity contribution in [1.82, 2.24) is 4.90 Å². The predicted molar refractivity (Wildman–Crippen MR) is 97.1 cm³/mol. The van der Waals surface area contributed by atoms with E-state index >= 15 is 0 Å². The van der Waals surface area contributed by atoms with Crippen LogP contribution in [0.4, 0.5) is 0 Å². The number of hydrogen-bond acceptors (Lipinski definition) is 2. The summed E-state index contributed by atoms with van der Waals surface area (Å²) in [5, 5.41) is 7.00. The zero-order valence-electron chi connectivity index (χ0n) is 14.2. The van der Waals surface area contributed by atoms with Crippen LogP contribution in [0.25, 0.3) is 0 Å². The standard InChI is InChI=1S/C20H25N.CH4O/c1-4-10-18(11-5-1)16-21(20-14-8-3-9-15-20)17-19-12-6-2-7-13-19;1-2/h1-2,4-7,10-13,20H,3,8-9,14-17H2;2H,1H3. The average Bonchev–Trinajstić information content (AvgIpc) is 2.65. The highest BCUT2D eigenvalue weighted by Crippen LogP contribution is 2.25. The molecular formula is C21H29NO. The lowest BCUT2D eigenvalue weighted by atomic mass is 9.93. The van der Waals surface area contributed by atoms with Gasteiger partial charge >= 0.3 is 0 Å². The Kier molecular flexibility index (Phi) is 7.85. The SMILES string of the molecule is CO.c1ccc(CN(Cc2ccccc2)C2CCCCC2)cc1. The van der Waals surface area contributed by atoms with E-state index in [2.05, 4.69) is 65.6 Å². The molecular weight excluding hydrogens is 282 g/mol. The van der Waals surface area contributed by atoms with E-state index in [0.717, 1.165) is 26.2 Å². The van der Waals surface area contributed by atoms with Crippen LogP contribution in [0.3, 0.4) is 0 Å². The fraction of sp³-hybridized carbons (Fsp3) is 0.429. The van der Waals surface area contributed by atoms with E-state index in [0.29, 0.717) is 0 Å². The Hall–Kier alpha value is -1.64. The fourth-order valence-electron chi connectivity index (χ4n) is 3.40. The molecule has 1 N–H and O–H groups in total. The van der Waals surface area contributed by atoms with Crippen LogP contribution in [0.1, 0.15) is 43.2 Å². The van der Waals surface area contributed by atoms with Crippen molar-refractivity contribution in [3.8, 4) is 0 Å². The van der Waals surface area contributed by atoms with Gasteiger partial charge in [0.1, 0.15) is 0 Å². The average molecular weight is 311 g/mol. The molecule has 2 aromatic carbocycles. The summed E-state index contributed by atoms with van der Waals surface area (Å²) in [6.07, 6.45) is 6.93. The Morgan fingerprint density at radius 3 is 1.61 bits per heavy atom. The molecule has 2 nitrogen and oxygen atoms in total. The third-order valence-electron chi connectivity index (χ3n) is 4.55. The van der Waals surface area contributed by atoms with Gasteiger partial charge in [-0.3, -0.25) is 4.90 Å². The van der Waals surface area contributed by atoms with Crippen molar-refractivity contribution in [3.05, 3.63) is 71.8 Å². The van der Waals surface area contributed by atoms with Gasteiger partial charge in [0.2, 0.25) is 0 Å². The molecule has 0 spiro atoms. The quantitative estimate of drug-likeness (QED) is 0.870. The molecule has 3 rings (SSSR count). The third-order valence-corrected chi connectivity index (χ3v) is 4.55. The molecule has 0 aromatic heterocycles. The lowest BCUT2D eigenvalue weighted by Gasteiger charge is -2.34. The van der Waals surface area contributed by atoms with E-state index in [9.17, 15) is 0 Å². The van der Waals surface area contributed by atoms with E-state index in [1.165, 1.54) is 43.2 Å². The van der Waals surface area contributed by atoms with E-state index in [4.69, 9.17) is 5.11 Å². The van der Waals surface area contributed by atoms with E-state index in [-0.39, 0.29) is 0 Å². The largest absolute Gasteiger partial charge is 0.400 e. The molecule has 1 aliphatic carbocycles. The Bertz CT molecular complexity index is 479. The Morgan fingerprint density at radius 1 is 0.739 bits per heavy atom.